The molecular weight excluding hydrogens is 298 g/mol. The molecule has 4 heteroatoms. The number of amides is 1. The van der Waals surface area contributed by atoms with Gasteiger partial charge in [-0.15, -0.1) is 0 Å². The second-order valence-electron chi connectivity index (χ2n) is 7.33. The minimum absolute atomic E-state index is 0.158. The van der Waals surface area contributed by atoms with E-state index in [0.29, 0.717) is 5.91 Å². The van der Waals surface area contributed by atoms with Crippen molar-refractivity contribution in [2.75, 3.05) is 32.7 Å². The third kappa shape index (κ3) is 2.73. The van der Waals surface area contributed by atoms with E-state index in [4.69, 9.17) is 0 Å². The molecule has 2 aromatic rings. The fourth-order valence-corrected chi connectivity index (χ4v) is 4.28. The van der Waals surface area contributed by atoms with Gasteiger partial charge >= 0.3 is 0 Å². The van der Waals surface area contributed by atoms with Gasteiger partial charge in [-0.2, -0.15) is 0 Å². The summed E-state index contributed by atoms with van der Waals surface area (Å²) in [4.78, 5) is 21.1. The highest BCUT2D eigenvalue weighted by molar-refractivity contribution is 5.87. The van der Waals surface area contributed by atoms with Crippen molar-refractivity contribution in [2.45, 2.75) is 33.1 Å². The van der Waals surface area contributed by atoms with Crippen LogP contribution in [0.1, 0.15) is 30.2 Å². The van der Waals surface area contributed by atoms with Crippen molar-refractivity contribution in [2.24, 2.45) is 5.92 Å². The smallest absolute Gasteiger partial charge is 0.226 e. The highest BCUT2D eigenvalue weighted by atomic mass is 16.2. The van der Waals surface area contributed by atoms with Crippen LogP contribution < -0.4 is 0 Å². The first-order valence-electron chi connectivity index (χ1n) is 9.27. The van der Waals surface area contributed by atoms with E-state index in [1.54, 1.807) is 0 Å². The Morgan fingerprint density at radius 3 is 2.79 bits per heavy atom. The Hall–Kier alpha value is -1.81. The third-order valence-corrected chi connectivity index (χ3v) is 5.82. The number of carbonyl (C=O) groups excluding carboxylic acids is 1. The lowest BCUT2D eigenvalue weighted by Crippen LogP contribution is -2.50. The summed E-state index contributed by atoms with van der Waals surface area (Å²) in [6.07, 6.45) is 2.87. The van der Waals surface area contributed by atoms with Crippen LogP contribution in [-0.4, -0.2) is 53.4 Å². The van der Waals surface area contributed by atoms with E-state index >= 15 is 0 Å². The lowest BCUT2D eigenvalue weighted by molar-refractivity contribution is -0.137. The Bertz CT molecular complexity index is 756. The standard InChI is InChI=1S/C20H27N3O/c1-3-22-8-10-23(11-9-22)20(24)15-5-7-19-17(13-15)16-12-14(2)4-6-18(16)21-19/h4,6,12,15,21H,3,5,7-11,13H2,1-2H3. The molecule has 1 fully saturated rings. The molecule has 2 aliphatic rings. The number of rotatable bonds is 2. The second-order valence-corrected chi connectivity index (χ2v) is 7.33. The zero-order valence-corrected chi connectivity index (χ0v) is 14.8. The van der Waals surface area contributed by atoms with Crippen molar-refractivity contribution in [1.82, 2.24) is 14.8 Å². The molecule has 1 atom stereocenters. The SMILES string of the molecule is CCN1CCN(C(=O)C2CCc3[nH]c4ccc(C)cc4c3C2)CC1. The Labute approximate surface area is 143 Å². The molecule has 2 heterocycles. The summed E-state index contributed by atoms with van der Waals surface area (Å²) in [7, 11) is 0. The van der Waals surface area contributed by atoms with Gasteiger partial charge in [0.15, 0.2) is 0 Å². The second kappa shape index (κ2) is 6.25. The minimum Gasteiger partial charge on any atom is -0.358 e. The van der Waals surface area contributed by atoms with Gasteiger partial charge in [-0.05, 0) is 50.4 Å². The molecule has 1 aromatic carbocycles. The fourth-order valence-electron chi connectivity index (χ4n) is 4.28. The summed E-state index contributed by atoms with van der Waals surface area (Å²) < 4.78 is 0. The molecular formula is C20H27N3O. The van der Waals surface area contributed by atoms with Crippen molar-refractivity contribution in [1.29, 1.82) is 0 Å². The van der Waals surface area contributed by atoms with Crippen LogP contribution >= 0.6 is 0 Å². The van der Waals surface area contributed by atoms with E-state index in [-0.39, 0.29) is 5.92 Å². The Kier molecular flexibility index (Phi) is 4.09. The van der Waals surface area contributed by atoms with Crippen LogP contribution in [-0.2, 0) is 17.6 Å². The average Bonchev–Trinajstić information content (AvgIpc) is 2.98. The van der Waals surface area contributed by atoms with Gasteiger partial charge < -0.3 is 14.8 Å². The number of hydrogen-bond donors (Lipinski definition) is 1. The molecule has 0 radical (unpaired) electrons. The number of nitrogens with zero attached hydrogens (tertiary/aromatic N) is 2. The van der Waals surface area contributed by atoms with E-state index < -0.39 is 0 Å². The number of hydrogen-bond acceptors (Lipinski definition) is 2. The number of H-pyrrole nitrogens is 1. The van der Waals surface area contributed by atoms with Gasteiger partial charge in [-0.25, -0.2) is 0 Å². The van der Waals surface area contributed by atoms with Gasteiger partial charge in [-0.3, -0.25) is 4.79 Å². The third-order valence-electron chi connectivity index (χ3n) is 5.82. The number of likely N-dealkylation sites (N-methyl/N-ethyl adjacent to an activating group) is 1. The predicted octanol–water partition coefficient (Wildman–Crippen LogP) is 2.75. The lowest BCUT2D eigenvalue weighted by atomic mass is 9.85. The molecule has 24 heavy (non-hydrogen) atoms. The Morgan fingerprint density at radius 2 is 2.04 bits per heavy atom. The molecule has 1 N–H and O–H groups in total. The number of piperazine rings is 1. The monoisotopic (exact) mass is 325 g/mol. The number of aromatic nitrogens is 1. The highest BCUT2D eigenvalue weighted by Crippen LogP contribution is 2.33. The number of aromatic amines is 1. The van der Waals surface area contributed by atoms with Crippen molar-refractivity contribution < 1.29 is 4.79 Å². The quantitative estimate of drug-likeness (QED) is 0.922. The van der Waals surface area contributed by atoms with Gasteiger partial charge in [0, 0.05) is 48.7 Å². The van der Waals surface area contributed by atoms with Crippen molar-refractivity contribution >= 4 is 16.8 Å². The normalized spacial score (nSPS) is 21.9. The summed E-state index contributed by atoms with van der Waals surface area (Å²) >= 11 is 0. The van der Waals surface area contributed by atoms with Gasteiger partial charge in [0.05, 0.1) is 0 Å². The maximum absolute atomic E-state index is 13.0. The first-order valence-corrected chi connectivity index (χ1v) is 9.27. The largest absolute Gasteiger partial charge is 0.358 e. The summed E-state index contributed by atoms with van der Waals surface area (Å²) in [5.41, 5.74) is 5.23. The maximum atomic E-state index is 13.0. The van der Waals surface area contributed by atoms with Crippen molar-refractivity contribution in [3.63, 3.8) is 0 Å². The number of benzene rings is 1. The van der Waals surface area contributed by atoms with E-state index in [1.807, 2.05) is 0 Å². The Morgan fingerprint density at radius 1 is 1.25 bits per heavy atom. The summed E-state index contributed by atoms with van der Waals surface area (Å²) in [5, 5.41) is 1.32. The van der Waals surface area contributed by atoms with Gasteiger partial charge in [0.2, 0.25) is 5.91 Å². The summed E-state index contributed by atoms with van der Waals surface area (Å²) in [6.45, 7) is 9.24. The van der Waals surface area contributed by atoms with E-state index in [9.17, 15) is 4.79 Å². The van der Waals surface area contributed by atoms with Crippen molar-refractivity contribution in [3.05, 3.63) is 35.0 Å². The van der Waals surface area contributed by atoms with Crippen LogP contribution in [0.4, 0.5) is 0 Å². The molecule has 4 nitrogen and oxygen atoms in total. The molecule has 4 rings (SSSR count). The number of aryl methyl sites for hydroxylation is 2. The molecule has 0 saturated carbocycles. The van der Waals surface area contributed by atoms with Crippen LogP contribution in [0.15, 0.2) is 18.2 Å². The van der Waals surface area contributed by atoms with Gasteiger partial charge in [0.1, 0.15) is 0 Å². The lowest BCUT2D eigenvalue weighted by Gasteiger charge is -2.36. The number of fused-ring (bicyclic) bond motifs is 3. The zero-order valence-electron chi connectivity index (χ0n) is 14.8. The molecule has 1 aliphatic carbocycles. The van der Waals surface area contributed by atoms with Gasteiger partial charge in [0.25, 0.3) is 0 Å². The minimum atomic E-state index is 0.158. The van der Waals surface area contributed by atoms with E-state index in [0.717, 1.165) is 52.0 Å². The molecule has 1 saturated heterocycles. The van der Waals surface area contributed by atoms with Crippen LogP contribution in [0.3, 0.4) is 0 Å². The van der Waals surface area contributed by atoms with Crippen LogP contribution in [0.25, 0.3) is 10.9 Å². The first-order chi connectivity index (χ1) is 11.7. The molecule has 1 aromatic heterocycles. The molecule has 0 spiro atoms. The molecule has 128 valence electrons. The predicted molar refractivity (Wildman–Crippen MR) is 97.2 cm³/mol. The highest BCUT2D eigenvalue weighted by Gasteiger charge is 2.31. The summed E-state index contributed by atoms with van der Waals surface area (Å²) in [5.74, 6) is 0.531. The Balaban J connectivity index is 1.52. The molecule has 0 bridgehead atoms. The fraction of sp³-hybridized carbons (Fsp3) is 0.550. The molecule has 1 aliphatic heterocycles. The van der Waals surface area contributed by atoms with Crippen LogP contribution in [0.2, 0.25) is 0 Å². The molecule has 1 unspecified atom stereocenters. The molecule has 1 amide bonds. The average molecular weight is 325 g/mol. The number of carbonyl (C=O) groups is 1. The first kappa shape index (κ1) is 15.7. The number of nitrogens with one attached hydrogen (secondary N) is 1. The van der Waals surface area contributed by atoms with Gasteiger partial charge in [-0.1, -0.05) is 18.6 Å². The summed E-state index contributed by atoms with van der Waals surface area (Å²) in [6, 6.07) is 6.58. The van der Waals surface area contributed by atoms with Crippen LogP contribution in [0, 0.1) is 12.8 Å². The maximum Gasteiger partial charge on any atom is 0.226 e. The van der Waals surface area contributed by atoms with E-state index in [2.05, 4.69) is 46.8 Å². The van der Waals surface area contributed by atoms with Crippen molar-refractivity contribution in [3.8, 4) is 0 Å². The van der Waals surface area contributed by atoms with Crippen LogP contribution in [0.5, 0.6) is 0 Å². The topological polar surface area (TPSA) is 39.3 Å². The van der Waals surface area contributed by atoms with E-state index in [1.165, 1.54) is 27.7 Å². The zero-order chi connectivity index (χ0) is 16.7.